The number of carbonyl (C=O) groups excluding carboxylic acids is 2. The van der Waals surface area contributed by atoms with Crippen LogP contribution in [0.4, 0.5) is 0 Å². The predicted octanol–water partition coefficient (Wildman–Crippen LogP) is 1.41. The van der Waals surface area contributed by atoms with Crippen LogP contribution < -0.4 is 14.8 Å². The number of ether oxygens (including phenoxy) is 2. The summed E-state index contributed by atoms with van der Waals surface area (Å²) >= 11 is 0. The molecule has 0 saturated heterocycles. The van der Waals surface area contributed by atoms with Crippen LogP contribution >= 0.6 is 0 Å². The summed E-state index contributed by atoms with van der Waals surface area (Å²) in [6.45, 7) is 3.21. The molecule has 0 aliphatic rings. The minimum Gasteiger partial charge on any atom is -0.493 e. The van der Waals surface area contributed by atoms with E-state index >= 15 is 0 Å². The Morgan fingerprint density at radius 3 is 2.65 bits per heavy atom. The Balaban J connectivity index is 2.84. The van der Waals surface area contributed by atoms with Gasteiger partial charge in [0.25, 0.3) is 5.91 Å². The molecule has 0 bridgehead atoms. The topological polar surface area (TPSA) is 64.6 Å². The van der Waals surface area contributed by atoms with Gasteiger partial charge in [0.1, 0.15) is 0 Å². The van der Waals surface area contributed by atoms with Gasteiger partial charge in [0.15, 0.2) is 23.4 Å². The number of benzene rings is 1. The van der Waals surface area contributed by atoms with E-state index in [9.17, 15) is 9.59 Å². The summed E-state index contributed by atoms with van der Waals surface area (Å²) in [5.41, 5.74) is 0.513. The number of rotatable bonds is 6. The molecule has 5 heteroatoms. The molecular formula is C15H17NO4. The molecule has 0 aliphatic carbocycles. The number of hydrogen-bond donors (Lipinski definition) is 1. The summed E-state index contributed by atoms with van der Waals surface area (Å²) in [6, 6.07) is 4.79. The summed E-state index contributed by atoms with van der Waals surface area (Å²) in [4.78, 5) is 22.9. The number of carbonyl (C=O) groups is 2. The van der Waals surface area contributed by atoms with E-state index in [-0.39, 0.29) is 18.2 Å². The normalized spacial score (nSPS) is 11.1. The molecule has 1 amide bonds. The molecule has 106 valence electrons. The Hall–Kier alpha value is -2.48. The van der Waals surface area contributed by atoms with Crippen LogP contribution in [0.2, 0.25) is 0 Å². The van der Waals surface area contributed by atoms with Crippen molar-refractivity contribution < 1.29 is 19.1 Å². The lowest BCUT2D eigenvalue weighted by molar-refractivity contribution is -0.127. The number of ketones is 1. The van der Waals surface area contributed by atoms with Gasteiger partial charge in [-0.25, -0.2) is 0 Å². The molecule has 1 rings (SSSR count). The van der Waals surface area contributed by atoms with Gasteiger partial charge >= 0.3 is 0 Å². The number of methoxy groups -OCH3 is 1. The fourth-order valence-electron chi connectivity index (χ4n) is 1.51. The van der Waals surface area contributed by atoms with Gasteiger partial charge in [0.2, 0.25) is 0 Å². The monoisotopic (exact) mass is 275 g/mol. The van der Waals surface area contributed by atoms with E-state index < -0.39 is 6.10 Å². The van der Waals surface area contributed by atoms with Gasteiger partial charge in [-0.2, -0.15) is 0 Å². The minimum atomic E-state index is -0.722. The van der Waals surface area contributed by atoms with E-state index in [0.717, 1.165) is 0 Å². The summed E-state index contributed by atoms with van der Waals surface area (Å²) < 4.78 is 10.7. The Morgan fingerprint density at radius 2 is 2.10 bits per heavy atom. The van der Waals surface area contributed by atoms with E-state index in [1.54, 1.807) is 25.1 Å². The minimum absolute atomic E-state index is 0.0744. The van der Waals surface area contributed by atoms with Crippen molar-refractivity contribution in [2.24, 2.45) is 0 Å². The molecule has 0 aromatic heterocycles. The lowest BCUT2D eigenvalue weighted by Gasteiger charge is -2.16. The number of Topliss-reactive ketones (excluding diaryl/α,β-unsaturated/α-hetero) is 1. The van der Waals surface area contributed by atoms with E-state index in [4.69, 9.17) is 15.9 Å². The number of nitrogens with one attached hydrogen (secondary N) is 1. The van der Waals surface area contributed by atoms with Gasteiger partial charge in [0.05, 0.1) is 13.7 Å². The van der Waals surface area contributed by atoms with Crippen LogP contribution in [-0.4, -0.2) is 31.4 Å². The highest BCUT2D eigenvalue weighted by Gasteiger charge is 2.17. The first-order chi connectivity index (χ1) is 9.49. The Bertz CT molecular complexity index is 545. The van der Waals surface area contributed by atoms with Crippen molar-refractivity contribution in [3.63, 3.8) is 0 Å². The molecule has 0 spiro atoms. The van der Waals surface area contributed by atoms with Crippen LogP contribution in [0.15, 0.2) is 18.2 Å². The Kier molecular flexibility index (Phi) is 5.60. The van der Waals surface area contributed by atoms with Crippen molar-refractivity contribution in [3.05, 3.63) is 23.8 Å². The van der Waals surface area contributed by atoms with Crippen LogP contribution in [0, 0.1) is 12.3 Å². The maximum Gasteiger partial charge on any atom is 0.261 e. The summed E-state index contributed by atoms with van der Waals surface area (Å²) in [5.74, 6) is 2.70. The highest BCUT2D eigenvalue weighted by molar-refractivity contribution is 5.94. The van der Waals surface area contributed by atoms with Gasteiger partial charge in [-0.3, -0.25) is 9.59 Å². The van der Waals surface area contributed by atoms with Gasteiger partial charge in [-0.05, 0) is 32.0 Å². The molecule has 5 nitrogen and oxygen atoms in total. The first kappa shape index (κ1) is 15.6. The lowest BCUT2D eigenvalue weighted by Crippen LogP contribution is -2.36. The highest BCUT2D eigenvalue weighted by Crippen LogP contribution is 2.29. The fourth-order valence-corrected chi connectivity index (χ4v) is 1.51. The van der Waals surface area contributed by atoms with E-state index in [1.807, 2.05) is 0 Å². The number of terminal acetylenes is 1. The van der Waals surface area contributed by atoms with Crippen LogP contribution in [0.5, 0.6) is 11.5 Å². The first-order valence-electron chi connectivity index (χ1n) is 6.06. The fraction of sp³-hybridized carbons (Fsp3) is 0.333. The van der Waals surface area contributed by atoms with Gasteiger partial charge in [-0.15, -0.1) is 6.42 Å². The Morgan fingerprint density at radius 1 is 1.40 bits per heavy atom. The zero-order valence-corrected chi connectivity index (χ0v) is 11.7. The molecule has 1 aromatic rings. The van der Waals surface area contributed by atoms with Crippen molar-refractivity contribution in [1.29, 1.82) is 0 Å². The average molecular weight is 275 g/mol. The zero-order valence-electron chi connectivity index (χ0n) is 11.7. The average Bonchev–Trinajstić information content (AvgIpc) is 2.44. The van der Waals surface area contributed by atoms with E-state index in [0.29, 0.717) is 17.1 Å². The zero-order chi connectivity index (χ0) is 15.1. The van der Waals surface area contributed by atoms with Gasteiger partial charge in [-0.1, -0.05) is 5.92 Å². The molecule has 1 atom stereocenters. The Labute approximate surface area is 118 Å². The summed E-state index contributed by atoms with van der Waals surface area (Å²) in [6.07, 6.45) is 4.34. The van der Waals surface area contributed by atoms with Crippen LogP contribution in [0.1, 0.15) is 24.2 Å². The molecule has 20 heavy (non-hydrogen) atoms. The number of hydrogen-bond acceptors (Lipinski definition) is 4. The molecule has 0 saturated carbocycles. The second kappa shape index (κ2) is 7.19. The third-order valence-corrected chi connectivity index (χ3v) is 2.61. The second-order valence-corrected chi connectivity index (χ2v) is 4.10. The van der Waals surface area contributed by atoms with Crippen molar-refractivity contribution in [2.45, 2.75) is 20.0 Å². The van der Waals surface area contributed by atoms with Crippen molar-refractivity contribution in [2.75, 3.05) is 13.7 Å². The molecule has 0 radical (unpaired) electrons. The quantitative estimate of drug-likeness (QED) is 0.630. The SMILES string of the molecule is C#CCNC(=O)C(C)Oc1ccc(C(C)=O)cc1OC. The lowest BCUT2D eigenvalue weighted by atomic mass is 10.1. The molecule has 0 fully saturated rings. The largest absolute Gasteiger partial charge is 0.493 e. The standard InChI is InChI=1S/C15H17NO4/c1-5-8-16-15(18)11(3)20-13-7-6-12(10(2)17)9-14(13)19-4/h1,6-7,9,11H,8H2,2-4H3,(H,16,18). The summed E-state index contributed by atoms with van der Waals surface area (Å²) in [7, 11) is 1.47. The second-order valence-electron chi connectivity index (χ2n) is 4.10. The highest BCUT2D eigenvalue weighted by atomic mass is 16.5. The third kappa shape index (κ3) is 4.02. The van der Waals surface area contributed by atoms with Crippen LogP contribution in [0.25, 0.3) is 0 Å². The van der Waals surface area contributed by atoms with E-state index in [1.165, 1.54) is 14.0 Å². The predicted molar refractivity (Wildman–Crippen MR) is 74.9 cm³/mol. The molecule has 1 unspecified atom stereocenters. The molecule has 0 aliphatic heterocycles. The maximum atomic E-state index is 11.7. The van der Waals surface area contributed by atoms with Crippen LogP contribution in [-0.2, 0) is 4.79 Å². The van der Waals surface area contributed by atoms with Crippen molar-refractivity contribution in [3.8, 4) is 23.8 Å². The maximum absolute atomic E-state index is 11.7. The van der Waals surface area contributed by atoms with Crippen LogP contribution in [0.3, 0.4) is 0 Å². The molecular weight excluding hydrogens is 258 g/mol. The van der Waals surface area contributed by atoms with E-state index in [2.05, 4.69) is 11.2 Å². The molecule has 0 heterocycles. The molecule has 1 aromatic carbocycles. The third-order valence-electron chi connectivity index (χ3n) is 2.61. The van der Waals surface area contributed by atoms with Crippen molar-refractivity contribution in [1.82, 2.24) is 5.32 Å². The smallest absolute Gasteiger partial charge is 0.261 e. The molecule has 1 N–H and O–H groups in total. The summed E-state index contributed by atoms with van der Waals surface area (Å²) in [5, 5.41) is 2.52. The van der Waals surface area contributed by atoms with Gasteiger partial charge in [0, 0.05) is 5.56 Å². The van der Waals surface area contributed by atoms with Crippen molar-refractivity contribution >= 4 is 11.7 Å². The first-order valence-corrected chi connectivity index (χ1v) is 6.06. The number of amides is 1. The van der Waals surface area contributed by atoms with Gasteiger partial charge < -0.3 is 14.8 Å².